The molecule has 0 spiro atoms. The van der Waals surface area contributed by atoms with Gasteiger partial charge >= 0.3 is 0 Å². The van der Waals surface area contributed by atoms with Crippen molar-refractivity contribution in [2.75, 3.05) is 87.6 Å². The van der Waals surface area contributed by atoms with Gasteiger partial charge in [0.2, 0.25) is 0 Å². The van der Waals surface area contributed by atoms with Gasteiger partial charge in [-0.2, -0.15) is 0 Å². The van der Waals surface area contributed by atoms with Crippen molar-refractivity contribution in [2.45, 2.75) is 111 Å². The van der Waals surface area contributed by atoms with Crippen LogP contribution in [0.3, 0.4) is 0 Å². The van der Waals surface area contributed by atoms with Crippen molar-refractivity contribution >= 4 is 0 Å². The molecule has 5 heterocycles. The van der Waals surface area contributed by atoms with E-state index in [-0.39, 0.29) is 0 Å². The summed E-state index contributed by atoms with van der Waals surface area (Å²) in [6.45, 7) is 22.0. The summed E-state index contributed by atoms with van der Waals surface area (Å²) in [5, 5.41) is 0. The van der Waals surface area contributed by atoms with E-state index >= 15 is 0 Å². The van der Waals surface area contributed by atoms with Gasteiger partial charge in [-0.1, -0.05) is 27.2 Å². The lowest BCUT2D eigenvalue weighted by molar-refractivity contribution is 0.200. The van der Waals surface area contributed by atoms with Crippen LogP contribution in [0.5, 0.6) is 0 Å². The van der Waals surface area contributed by atoms with Crippen molar-refractivity contribution in [1.82, 2.24) is 24.5 Å². The van der Waals surface area contributed by atoms with Crippen molar-refractivity contribution in [3.63, 3.8) is 0 Å². The van der Waals surface area contributed by atoms with Crippen LogP contribution in [-0.4, -0.2) is 124 Å². The van der Waals surface area contributed by atoms with Crippen molar-refractivity contribution in [2.24, 2.45) is 17.8 Å². The minimum atomic E-state index is 0.837. The molecule has 0 saturated carbocycles. The Morgan fingerprint density at radius 2 is 0.789 bits per heavy atom. The highest BCUT2D eigenvalue weighted by Gasteiger charge is 2.15. The first-order valence-electron chi connectivity index (χ1n) is 16.4. The van der Waals surface area contributed by atoms with E-state index in [0.717, 1.165) is 29.8 Å². The summed E-state index contributed by atoms with van der Waals surface area (Å²) in [5.74, 6) is 2.87. The Morgan fingerprint density at radius 1 is 0.368 bits per heavy atom. The molecule has 0 aromatic heterocycles. The summed E-state index contributed by atoms with van der Waals surface area (Å²) in [5.41, 5.74) is 0. The molecule has 0 bridgehead atoms. The van der Waals surface area contributed by atoms with E-state index in [2.05, 4.69) is 94.4 Å². The summed E-state index contributed by atoms with van der Waals surface area (Å²) in [6, 6.07) is 1.68. The zero-order valence-corrected chi connectivity index (χ0v) is 27.9. The molecule has 0 radical (unpaired) electrons. The smallest absolute Gasteiger partial charge is 0.00643 e. The molecule has 5 nitrogen and oxygen atoms in total. The number of rotatable bonds is 0. The maximum atomic E-state index is 2.43. The Morgan fingerprint density at radius 3 is 1.08 bits per heavy atom. The largest absolute Gasteiger partial charge is 0.306 e. The third-order valence-electron chi connectivity index (χ3n) is 9.51. The van der Waals surface area contributed by atoms with Gasteiger partial charge in [0.1, 0.15) is 0 Å². The molecule has 0 aromatic rings. The Bertz CT molecular complexity index is 506. The Labute approximate surface area is 240 Å². The van der Waals surface area contributed by atoms with Crippen LogP contribution in [0.15, 0.2) is 0 Å². The molecule has 4 atom stereocenters. The minimum Gasteiger partial charge on any atom is -0.306 e. The maximum Gasteiger partial charge on any atom is 0.00643 e. The lowest BCUT2D eigenvalue weighted by Gasteiger charge is -2.29. The minimum absolute atomic E-state index is 0.837. The second-order valence-corrected chi connectivity index (χ2v) is 13.9. The average molecular weight is 538 g/mol. The van der Waals surface area contributed by atoms with E-state index in [0.29, 0.717) is 0 Å². The molecule has 0 aliphatic carbocycles. The van der Waals surface area contributed by atoms with Gasteiger partial charge in [-0.15, -0.1) is 0 Å². The first-order chi connectivity index (χ1) is 18.0. The van der Waals surface area contributed by atoms with Gasteiger partial charge in [-0.05, 0) is 164 Å². The van der Waals surface area contributed by atoms with Crippen LogP contribution in [0, 0.1) is 17.8 Å². The van der Waals surface area contributed by atoms with E-state index in [1.807, 2.05) is 0 Å². The van der Waals surface area contributed by atoms with Crippen LogP contribution < -0.4 is 0 Å². The number of hydrogen-bond acceptors (Lipinski definition) is 5. The maximum absolute atomic E-state index is 2.43. The number of hydrogen-bond donors (Lipinski definition) is 0. The first kappa shape index (κ1) is 35.8. The van der Waals surface area contributed by atoms with Gasteiger partial charge in [0.25, 0.3) is 0 Å². The monoisotopic (exact) mass is 538 g/mol. The number of nitrogens with zero attached hydrogens (tertiary/aromatic N) is 5. The fourth-order valence-corrected chi connectivity index (χ4v) is 6.04. The molecule has 5 rings (SSSR count). The zero-order chi connectivity index (χ0) is 28.5. The third-order valence-corrected chi connectivity index (χ3v) is 9.51. The van der Waals surface area contributed by atoms with Crippen LogP contribution in [-0.2, 0) is 0 Å². The highest BCUT2D eigenvalue weighted by Crippen LogP contribution is 2.15. The van der Waals surface area contributed by atoms with Crippen molar-refractivity contribution in [3.05, 3.63) is 0 Å². The summed E-state index contributed by atoms with van der Waals surface area (Å²) in [6.07, 6.45) is 14.1. The van der Waals surface area contributed by atoms with E-state index in [1.54, 1.807) is 0 Å². The lowest BCUT2D eigenvalue weighted by atomic mass is 10.00. The quantitative estimate of drug-likeness (QED) is 0.362. The molecule has 4 unspecified atom stereocenters. The fourth-order valence-electron chi connectivity index (χ4n) is 6.04. The van der Waals surface area contributed by atoms with Gasteiger partial charge in [0.05, 0.1) is 0 Å². The normalized spacial score (nSPS) is 32.1. The first-order valence-corrected chi connectivity index (χ1v) is 16.4. The molecule has 5 aliphatic rings. The van der Waals surface area contributed by atoms with E-state index in [4.69, 9.17) is 0 Å². The van der Waals surface area contributed by atoms with Crippen LogP contribution in [0.25, 0.3) is 0 Å². The Balaban J connectivity index is 0.000000238. The van der Waals surface area contributed by atoms with Gasteiger partial charge in [0, 0.05) is 25.2 Å². The van der Waals surface area contributed by atoms with E-state index in [1.165, 1.54) is 117 Å². The molecule has 5 heteroatoms. The summed E-state index contributed by atoms with van der Waals surface area (Å²) < 4.78 is 0. The SMILES string of the molecule is CC1CCCCN1C.CC1CCCN(C)C1.CC1CCCN1C.CC1CCN(C)C1.CC1CCN(C)CC1. The second kappa shape index (κ2) is 20.6. The van der Waals surface area contributed by atoms with Crippen molar-refractivity contribution < 1.29 is 0 Å². The predicted molar refractivity (Wildman–Crippen MR) is 170 cm³/mol. The predicted octanol–water partition coefficient (Wildman–Crippen LogP) is 6.25. The van der Waals surface area contributed by atoms with E-state index in [9.17, 15) is 0 Å². The zero-order valence-electron chi connectivity index (χ0n) is 27.9. The summed E-state index contributed by atoms with van der Waals surface area (Å²) in [4.78, 5) is 12.0. The molecule has 228 valence electrons. The molecule has 0 aromatic carbocycles. The van der Waals surface area contributed by atoms with Gasteiger partial charge in [-0.3, -0.25) is 0 Å². The molecule has 5 aliphatic heterocycles. The van der Waals surface area contributed by atoms with Crippen LogP contribution >= 0.6 is 0 Å². The topological polar surface area (TPSA) is 16.2 Å². The highest BCUT2D eigenvalue weighted by molar-refractivity contribution is 4.71. The molecule has 0 N–H and O–H groups in total. The molecular weight excluding hydrogens is 466 g/mol. The Kier molecular flexibility index (Phi) is 19.5. The standard InChI is InChI=1S/3C7H15N.2C6H13N/c1-7-3-5-8(2)6-4-7;1-7-4-3-5-8(2)6-7;1-7-5-3-4-6-8(7)2;1-6-3-4-7(2)5-6;1-6-4-3-5-7(6)2/h3*7H,3-6H2,1-2H3;2*6H,3-5H2,1-2H3. The molecule has 5 saturated heterocycles. The van der Waals surface area contributed by atoms with Gasteiger partial charge in [-0.25, -0.2) is 0 Å². The van der Waals surface area contributed by atoms with Gasteiger partial charge in [0.15, 0.2) is 0 Å². The molecule has 0 amide bonds. The average Bonchev–Trinajstić information content (AvgIpc) is 3.44. The third kappa shape index (κ3) is 17.5. The highest BCUT2D eigenvalue weighted by atomic mass is 15.1. The van der Waals surface area contributed by atoms with Crippen LogP contribution in [0.1, 0.15) is 98.8 Å². The fraction of sp³-hybridized carbons (Fsp3) is 1.00. The van der Waals surface area contributed by atoms with Gasteiger partial charge < -0.3 is 24.5 Å². The van der Waals surface area contributed by atoms with E-state index < -0.39 is 0 Å². The molecule has 38 heavy (non-hydrogen) atoms. The number of piperidine rings is 3. The lowest BCUT2D eigenvalue weighted by Crippen LogP contribution is -2.33. The summed E-state index contributed by atoms with van der Waals surface area (Å²) >= 11 is 0. The Hall–Kier alpha value is -0.200. The second-order valence-electron chi connectivity index (χ2n) is 13.9. The molecular formula is C33H71N5. The van der Waals surface area contributed by atoms with Crippen LogP contribution in [0.2, 0.25) is 0 Å². The van der Waals surface area contributed by atoms with Crippen molar-refractivity contribution in [3.8, 4) is 0 Å². The molecule has 5 fully saturated rings. The summed E-state index contributed by atoms with van der Waals surface area (Å²) in [7, 11) is 11.0. The van der Waals surface area contributed by atoms with Crippen LogP contribution in [0.4, 0.5) is 0 Å². The number of likely N-dealkylation sites (tertiary alicyclic amines) is 5. The van der Waals surface area contributed by atoms with Crippen molar-refractivity contribution in [1.29, 1.82) is 0 Å².